The van der Waals surface area contributed by atoms with Crippen molar-refractivity contribution in [3.63, 3.8) is 0 Å². The first kappa shape index (κ1) is 8.80. The molecule has 1 aromatic heterocycles. The van der Waals surface area contributed by atoms with Crippen LogP contribution in [-0.2, 0) is 0 Å². The molecule has 0 bridgehead atoms. The third-order valence-electron chi connectivity index (χ3n) is 2.58. The molecule has 0 aliphatic heterocycles. The van der Waals surface area contributed by atoms with Gasteiger partial charge >= 0.3 is 0 Å². The summed E-state index contributed by atoms with van der Waals surface area (Å²) < 4.78 is 1.08. The normalized spacial score (nSPS) is 11.3. The summed E-state index contributed by atoms with van der Waals surface area (Å²) in [4.78, 5) is 3.35. The van der Waals surface area contributed by atoms with Gasteiger partial charge in [-0.05, 0) is 24.3 Å². The summed E-state index contributed by atoms with van der Waals surface area (Å²) in [6.07, 6.45) is 0. The van der Waals surface area contributed by atoms with Crippen molar-refractivity contribution in [2.45, 2.75) is 0 Å². The smallest absolute Gasteiger partial charge is 0.0485 e. The molecule has 0 atom stereocenters. The molecule has 3 heteroatoms. The minimum absolute atomic E-state index is 0.785. The van der Waals surface area contributed by atoms with Crippen LogP contribution in [0.1, 0.15) is 0 Å². The number of nitrogens with one attached hydrogen (secondary N) is 1. The molecule has 74 valence electrons. The number of aromatic amines is 1. The average Bonchev–Trinajstić information content (AvgIpc) is 2.53. The Morgan fingerprint density at radius 1 is 0.933 bits per heavy atom. The number of benzene rings is 2. The van der Waals surface area contributed by atoms with E-state index in [1.54, 1.807) is 0 Å². The van der Waals surface area contributed by atoms with Crippen LogP contribution in [0.4, 0.5) is 5.69 Å². The first-order valence-electron chi connectivity index (χ1n) is 4.70. The number of nitrogen functional groups attached to an aromatic ring is 1. The zero-order valence-corrected chi connectivity index (χ0v) is 9.51. The first-order chi connectivity index (χ1) is 7.24. The first-order valence-corrected chi connectivity index (χ1v) is 5.50. The number of hydrogen-bond acceptors (Lipinski definition) is 1. The Hall–Kier alpha value is -1.48. The summed E-state index contributed by atoms with van der Waals surface area (Å²) in [6, 6.07) is 12.2. The number of hydrogen-bond donors (Lipinski definition) is 2. The standard InChI is InChI=1S/C12H9BrN2/c13-7-1-3-9-10-4-2-8(14)6-12(10)15-11(9)5-7/h1-6,15H,14H2. The van der Waals surface area contributed by atoms with Crippen LogP contribution in [0.3, 0.4) is 0 Å². The fraction of sp³-hybridized carbons (Fsp3) is 0. The second-order valence-electron chi connectivity index (χ2n) is 3.62. The van der Waals surface area contributed by atoms with Gasteiger partial charge in [-0.1, -0.05) is 28.1 Å². The van der Waals surface area contributed by atoms with E-state index in [4.69, 9.17) is 5.73 Å². The van der Waals surface area contributed by atoms with Gasteiger partial charge in [-0.15, -0.1) is 0 Å². The van der Waals surface area contributed by atoms with E-state index in [9.17, 15) is 0 Å². The molecule has 0 saturated heterocycles. The van der Waals surface area contributed by atoms with E-state index in [2.05, 4.69) is 39.1 Å². The van der Waals surface area contributed by atoms with Gasteiger partial charge in [0, 0.05) is 32.0 Å². The number of rotatable bonds is 0. The van der Waals surface area contributed by atoms with Crippen LogP contribution in [0.25, 0.3) is 21.8 Å². The van der Waals surface area contributed by atoms with Crippen molar-refractivity contribution in [1.29, 1.82) is 0 Å². The molecule has 0 radical (unpaired) electrons. The van der Waals surface area contributed by atoms with E-state index in [1.165, 1.54) is 10.8 Å². The van der Waals surface area contributed by atoms with Crippen molar-refractivity contribution in [2.24, 2.45) is 0 Å². The lowest BCUT2D eigenvalue weighted by molar-refractivity contribution is 1.54. The van der Waals surface area contributed by atoms with E-state index in [-0.39, 0.29) is 0 Å². The number of aromatic nitrogens is 1. The van der Waals surface area contributed by atoms with Crippen LogP contribution < -0.4 is 5.73 Å². The van der Waals surface area contributed by atoms with E-state index in [0.29, 0.717) is 0 Å². The predicted octanol–water partition coefficient (Wildman–Crippen LogP) is 3.67. The Labute approximate surface area is 95.2 Å². The Morgan fingerprint density at radius 3 is 2.40 bits per heavy atom. The van der Waals surface area contributed by atoms with Gasteiger partial charge in [-0.25, -0.2) is 0 Å². The number of anilines is 1. The number of halogens is 1. The lowest BCUT2D eigenvalue weighted by Crippen LogP contribution is -1.81. The van der Waals surface area contributed by atoms with Gasteiger partial charge in [0.2, 0.25) is 0 Å². The van der Waals surface area contributed by atoms with Crippen molar-refractivity contribution < 1.29 is 0 Å². The molecule has 0 aliphatic carbocycles. The third-order valence-corrected chi connectivity index (χ3v) is 3.08. The lowest BCUT2D eigenvalue weighted by Gasteiger charge is -1.93. The zero-order chi connectivity index (χ0) is 10.4. The molecule has 3 rings (SSSR count). The average molecular weight is 261 g/mol. The van der Waals surface area contributed by atoms with E-state index in [0.717, 1.165) is 21.2 Å². The quantitative estimate of drug-likeness (QED) is 0.596. The van der Waals surface area contributed by atoms with Crippen LogP contribution in [0.2, 0.25) is 0 Å². The maximum atomic E-state index is 5.75. The second kappa shape index (κ2) is 3.00. The SMILES string of the molecule is Nc1ccc2c(c1)[nH]c1cc(Br)ccc12. The van der Waals surface area contributed by atoms with Gasteiger partial charge in [0.15, 0.2) is 0 Å². The maximum absolute atomic E-state index is 5.75. The van der Waals surface area contributed by atoms with E-state index < -0.39 is 0 Å². The van der Waals surface area contributed by atoms with Crippen molar-refractivity contribution in [2.75, 3.05) is 5.73 Å². The molecule has 15 heavy (non-hydrogen) atoms. The number of fused-ring (bicyclic) bond motifs is 3. The van der Waals surface area contributed by atoms with Crippen LogP contribution >= 0.6 is 15.9 Å². The minimum atomic E-state index is 0.785. The van der Waals surface area contributed by atoms with Gasteiger partial charge < -0.3 is 10.7 Å². The maximum Gasteiger partial charge on any atom is 0.0485 e. The molecule has 0 aliphatic rings. The molecule has 0 amide bonds. The van der Waals surface area contributed by atoms with Crippen molar-refractivity contribution in [3.05, 3.63) is 40.9 Å². The zero-order valence-electron chi connectivity index (χ0n) is 7.92. The van der Waals surface area contributed by atoms with Gasteiger partial charge in [-0.3, -0.25) is 0 Å². The molecule has 2 nitrogen and oxygen atoms in total. The Morgan fingerprint density at radius 2 is 1.60 bits per heavy atom. The van der Waals surface area contributed by atoms with Crippen LogP contribution in [-0.4, -0.2) is 4.98 Å². The molecule has 1 heterocycles. The topological polar surface area (TPSA) is 41.8 Å². The van der Waals surface area contributed by atoms with Crippen LogP contribution in [0.15, 0.2) is 40.9 Å². The summed E-state index contributed by atoms with van der Waals surface area (Å²) in [6.45, 7) is 0. The molecule has 3 N–H and O–H groups in total. The molecule has 0 saturated carbocycles. The fourth-order valence-electron chi connectivity index (χ4n) is 1.90. The summed E-state index contributed by atoms with van der Waals surface area (Å²) in [5.41, 5.74) is 8.75. The lowest BCUT2D eigenvalue weighted by atomic mass is 10.1. The monoisotopic (exact) mass is 260 g/mol. The Bertz CT molecular complexity index is 599. The predicted molar refractivity (Wildman–Crippen MR) is 67.9 cm³/mol. The Kier molecular flexibility index (Phi) is 1.76. The highest BCUT2D eigenvalue weighted by molar-refractivity contribution is 9.10. The highest BCUT2D eigenvalue weighted by Crippen LogP contribution is 2.28. The number of nitrogens with two attached hydrogens (primary N) is 1. The van der Waals surface area contributed by atoms with E-state index in [1.807, 2.05) is 18.2 Å². The molecular formula is C12H9BrN2. The van der Waals surface area contributed by atoms with Crippen LogP contribution in [0, 0.1) is 0 Å². The second-order valence-corrected chi connectivity index (χ2v) is 4.54. The summed E-state index contributed by atoms with van der Waals surface area (Å²) >= 11 is 3.46. The van der Waals surface area contributed by atoms with Gasteiger partial charge in [0.25, 0.3) is 0 Å². The number of H-pyrrole nitrogens is 1. The largest absolute Gasteiger partial charge is 0.399 e. The highest BCUT2D eigenvalue weighted by atomic mass is 79.9. The molecular weight excluding hydrogens is 252 g/mol. The summed E-state index contributed by atoms with van der Waals surface area (Å²) in [5, 5.41) is 2.44. The van der Waals surface area contributed by atoms with Crippen molar-refractivity contribution in [3.8, 4) is 0 Å². The molecule has 0 unspecified atom stereocenters. The Balaban J connectivity index is 2.51. The van der Waals surface area contributed by atoms with Gasteiger partial charge in [0.05, 0.1) is 0 Å². The minimum Gasteiger partial charge on any atom is -0.399 e. The summed E-state index contributed by atoms with van der Waals surface area (Å²) in [7, 11) is 0. The molecule has 0 spiro atoms. The molecule has 2 aromatic carbocycles. The van der Waals surface area contributed by atoms with Crippen molar-refractivity contribution >= 4 is 43.4 Å². The highest BCUT2D eigenvalue weighted by Gasteiger charge is 2.03. The molecule has 3 aromatic rings. The van der Waals surface area contributed by atoms with Gasteiger partial charge in [0.1, 0.15) is 0 Å². The van der Waals surface area contributed by atoms with Gasteiger partial charge in [-0.2, -0.15) is 0 Å². The van der Waals surface area contributed by atoms with E-state index >= 15 is 0 Å². The fourth-order valence-corrected chi connectivity index (χ4v) is 2.26. The van der Waals surface area contributed by atoms with Crippen LogP contribution in [0.5, 0.6) is 0 Å². The van der Waals surface area contributed by atoms with Crippen molar-refractivity contribution in [1.82, 2.24) is 4.98 Å². The molecule has 0 fully saturated rings. The summed E-state index contributed by atoms with van der Waals surface area (Å²) in [5.74, 6) is 0. The third kappa shape index (κ3) is 1.31.